The lowest BCUT2D eigenvalue weighted by Gasteiger charge is -2.31. The fourth-order valence-corrected chi connectivity index (χ4v) is 5.11. The third kappa shape index (κ3) is 6.19. The van der Waals surface area contributed by atoms with Gasteiger partial charge in [0.25, 0.3) is 5.91 Å². The summed E-state index contributed by atoms with van der Waals surface area (Å²) in [6.07, 6.45) is 9.24. The van der Waals surface area contributed by atoms with Crippen molar-refractivity contribution in [3.05, 3.63) is 47.3 Å². The average Bonchev–Trinajstić information content (AvgIpc) is 2.84. The maximum absolute atomic E-state index is 13.7. The molecule has 2 aromatic rings. The molecule has 7 nitrogen and oxygen atoms in total. The molecular weight excluding hydrogens is 438 g/mol. The van der Waals surface area contributed by atoms with Crippen molar-refractivity contribution in [2.75, 3.05) is 36.0 Å². The van der Waals surface area contributed by atoms with Crippen LogP contribution < -0.4 is 9.80 Å². The summed E-state index contributed by atoms with van der Waals surface area (Å²) >= 11 is 0. The first kappa shape index (κ1) is 25.1. The largest absolute Gasteiger partial charge is 0.341 e. The van der Waals surface area contributed by atoms with E-state index in [1.165, 1.54) is 0 Å². The number of para-hydroxylation sites is 1. The molecule has 0 radical (unpaired) electrons. The van der Waals surface area contributed by atoms with Crippen LogP contribution in [0.15, 0.2) is 30.5 Å². The Morgan fingerprint density at radius 1 is 0.943 bits per heavy atom. The molecule has 2 aliphatic rings. The summed E-state index contributed by atoms with van der Waals surface area (Å²) in [5, 5.41) is 0. The molecule has 0 atom stereocenters. The summed E-state index contributed by atoms with van der Waals surface area (Å²) in [6, 6.07) is 7.97. The van der Waals surface area contributed by atoms with Crippen molar-refractivity contribution in [2.45, 2.75) is 72.3 Å². The van der Waals surface area contributed by atoms with Crippen LogP contribution in [0.25, 0.3) is 0 Å². The molecule has 1 fully saturated rings. The van der Waals surface area contributed by atoms with Crippen molar-refractivity contribution in [3.8, 4) is 0 Å². The topological polar surface area (TPSA) is 69.6 Å². The highest BCUT2D eigenvalue weighted by molar-refractivity contribution is 5.95. The lowest BCUT2D eigenvalue weighted by Crippen LogP contribution is -2.36. The number of piperidine rings is 1. The minimum absolute atomic E-state index is 0.0393. The van der Waals surface area contributed by atoms with Crippen molar-refractivity contribution in [2.24, 2.45) is 5.92 Å². The van der Waals surface area contributed by atoms with Gasteiger partial charge in [-0.15, -0.1) is 0 Å². The molecule has 3 heterocycles. The smallest absolute Gasteiger partial charge is 0.257 e. The normalized spacial score (nSPS) is 18.4. The van der Waals surface area contributed by atoms with Crippen LogP contribution in [-0.4, -0.2) is 52.9 Å². The summed E-state index contributed by atoms with van der Waals surface area (Å²) in [6.45, 7) is 9.60. The van der Waals surface area contributed by atoms with Gasteiger partial charge in [-0.05, 0) is 50.2 Å². The highest BCUT2D eigenvalue weighted by atomic mass is 16.2. The number of amides is 2. The van der Waals surface area contributed by atoms with Gasteiger partial charge in [0.1, 0.15) is 0 Å². The first-order chi connectivity index (χ1) is 16.9. The summed E-state index contributed by atoms with van der Waals surface area (Å²) in [5.41, 5.74) is 3.19. The molecule has 0 unspecified atom stereocenters. The Morgan fingerprint density at radius 2 is 1.63 bits per heavy atom. The molecule has 7 heteroatoms. The van der Waals surface area contributed by atoms with E-state index < -0.39 is 0 Å². The molecule has 0 N–H and O–H groups in total. The van der Waals surface area contributed by atoms with Crippen LogP contribution in [-0.2, 0) is 11.3 Å². The molecule has 0 spiro atoms. The number of hydrogen-bond acceptors (Lipinski definition) is 5. The Morgan fingerprint density at radius 3 is 2.34 bits per heavy atom. The maximum atomic E-state index is 13.7. The van der Waals surface area contributed by atoms with Crippen LogP contribution in [0, 0.1) is 12.8 Å². The van der Waals surface area contributed by atoms with E-state index in [9.17, 15) is 9.59 Å². The Kier molecular flexibility index (Phi) is 8.37. The molecule has 1 saturated heterocycles. The molecule has 35 heavy (non-hydrogen) atoms. The van der Waals surface area contributed by atoms with E-state index in [0.717, 1.165) is 86.8 Å². The lowest BCUT2D eigenvalue weighted by atomic mass is 10.00. The van der Waals surface area contributed by atoms with Crippen LogP contribution in [0.2, 0.25) is 0 Å². The van der Waals surface area contributed by atoms with Gasteiger partial charge >= 0.3 is 0 Å². The first-order valence-corrected chi connectivity index (χ1v) is 13.2. The number of hydrogen-bond donors (Lipinski definition) is 0. The van der Waals surface area contributed by atoms with E-state index in [-0.39, 0.29) is 11.8 Å². The van der Waals surface area contributed by atoms with Crippen molar-refractivity contribution < 1.29 is 9.59 Å². The van der Waals surface area contributed by atoms with Crippen LogP contribution in [0.3, 0.4) is 0 Å². The van der Waals surface area contributed by atoms with Gasteiger partial charge in [0.2, 0.25) is 11.9 Å². The van der Waals surface area contributed by atoms with Gasteiger partial charge in [0.05, 0.1) is 11.3 Å². The third-order valence-electron chi connectivity index (χ3n) is 7.38. The summed E-state index contributed by atoms with van der Waals surface area (Å²) in [7, 11) is 0. The van der Waals surface area contributed by atoms with Crippen molar-refractivity contribution in [3.63, 3.8) is 0 Å². The van der Waals surface area contributed by atoms with Gasteiger partial charge in [0.15, 0.2) is 0 Å². The van der Waals surface area contributed by atoms with Crippen molar-refractivity contribution in [1.29, 1.82) is 0 Å². The minimum Gasteiger partial charge on any atom is -0.341 e. The van der Waals surface area contributed by atoms with E-state index in [0.29, 0.717) is 25.2 Å². The second kappa shape index (κ2) is 11.6. The predicted octanol–water partition coefficient (Wildman–Crippen LogP) is 4.98. The number of aryl methyl sites for hydroxylation is 1. The number of carbonyl (C=O) groups is 2. The second-order valence-electron chi connectivity index (χ2n) is 10.1. The summed E-state index contributed by atoms with van der Waals surface area (Å²) in [5.74, 6) is 1.47. The molecule has 1 aromatic heterocycles. The third-order valence-corrected chi connectivity index (χ3v) is 7.38. The zero-order valence-electron chi connectivity index (χ0n) is 21.5. The molecular formula is C28H39N5O2. The fraction of sp³-hybridized carbons (Fsp3) is 0.571. The van der Waals surface area contributed by atoms with Gasteiger partial charge in [0, 0.05) is 51.5 Å². The zero-order valence-corrected chi connectivity index (χ0v) is 21.5. The molecule has 0 bridgehead atoms. The maximum Gasteiger partial charge on any atom is 0.257 e. The van der Waals surface area contributed by atoms with Crippen molar-refractivity contribution in [1.82, 2.24) is 14.9 Å². The number of nitrogens with zero attached hydrogens (tertiary/aromatic N) is 5. The Hall–Kier alpha value is -2.96. The van der Waals surface area contributed by atoms with E-state index in [1.54, 1.807) is 13.1 Å². The van der Waals surface area contributed by atoms with Gasteiger partial charge in [-0.2, -0.15) is 0 Å². The Balaban J connectivity index is 1.59. The SMILES string of the molecule is CC(=O)N1CCCCCCCN(C(=O)c2cnc(N3CCC(C)CC3)nc2C)Cc2ccccc21. The van der Waals surface area contributed by atoms with E-state index in [4.69, 9.17) is 4.98 Å². The number of carbonyl (C=O) groups excluding carboxylic acids is 2. The molecule has 0 aliphatic carbocycles. The van der Waals surface area contributed by atoms with Crippen LogP contribution in [0.5, 0.6) is 0 Å². The van der Waals surface area contributed by atoms with Crippen LogP contribution >= 0.6 is 0 Å². The van der Waals surface area contributed by atoms with E-state index in [1.807, 2.05) is 41.0 Å². The molecule has 2 aliphatic heterocycles. The molecule has 1 aromatic carbocycles. The molecule has 0 saturated carbocycles. The van der Waals surface area contributed by atoms with Crippen LogP contribution in [0.4, 0.5) is 11.6 Å². The highest BCUT2D eigenvalue weighted by Gasteiger charge is 2.24. The summed E-state index contributed by atoms with van der Waals surface area (Å²) < 4.78 is 0. The zero-order chi connectivity index (χ0) is 24.8. The quantitative estimate of drug-likeness (QED) is 0.610. The van der Waals surface area contributed by atoms with Gasteiger partial charge < -0.3 is 14.7 Å². The van der Waals surface area contributed by atoms with Crippen molar-refractivity contribution >= 4 is 23.5 Å². The fourth-order valence-electron chi connectivity index (χ4n) is 5.11. The first-order valence-electron chi connectivity index (χ1n) is 13.2. The number of fused-ring (bicyclic) bond motifs is 1. The molecule has 188 valence electrons. The lowest BCUT2D eigenvalue weighted by molar-refractivity contribution is -0.116. The van der Waals surface area contributed by atoms with Crippen LogP contribution in [0.1, 0.15) is 80.4 Å². The summed E-state index contributed by atoms with van der Waals surface area (Å²) in [4.78, 5) is 41.5. The van der Waals surface area contributed by atoms with E-state index in [2.05, 4.69) is 16.8 Å². The molecule has 2 amide bonds. The van der Waals surface area contributed by atoms with E-state index >= 15 is 0 Å². The number of benzene rings is 1. The number of anilines is 2. The predicted molar refractivity (Wildman–Crippen MR) is 140 cm³/mol. The van der Waals surface area contributed by atoms with Gasteiger partial charge in [-0.1, -0.05) is 44.4 Å². The second-order valence-corrected chi connectivity index (χ2v) is 10.1. The Labute approximate surface area is 209 Å². The number of rotatable bonds is 2. The average molecular weight is 478 g/mol. The monoisotopic (exact) mass is 477 g/mol. The highest BCUT2D eigenvalue weighted by Crippen LogP contribution is 2.26. The minimum atomic E-state index is -0.0393. The van der Waals surface area contributed by atoms with Gasteiger partial charge in [-0.25, -0.2) is 9.97 Å². The number of aromatic nitrogens is 2. The standard InChI is InChI=1S/C28H39N5O2/c1-21-13-17-31(18-14-21)28-29-19-25(22(2)30-28)27(35)32-15-9-5-4-6-10-16-33(23(3)34)26-12-8-7-11-24(26)20-32/h7-8,11-12,19,21H,4-6,9-10,13-18,20H2,1-3H3. The Bertz CT molecular complexity index is 1030. The molecule has 4 rings (SSSR count). The van der Waals surface area contributed by atoms with Gasteiger partial charge in [-0.3, -0.25) is 9.59 Å².